The fraction of sp³-hybridized carbons (Fsp3) is 0.395. The number of halogens is 2. The van der Waals surface area contributed by atoms with Gasteiger partial charge in [-0.3, -0.25) is 0 Å². The molecule has 1 saturated heterocycles. The molecule has 1 N–H and O–H groups in total. The molecule has 13 heteroatoms. The smallest absolute Gasteiger partial charge is 0.408 e. The highest BCUT2D eigenvalue weighted by Crippen LogP contribution is 2.39. The van der Waals surface area contributed by atoms with Gasteiger partial charge in [0.1, 0.15) is 43.9 Å². The summed E-state index contributed by atoms with van der Waals surface area (Å²) in [6, 6.07) is 35.0. The van der Waals surface area contributed by atoms with Crippen LogP contribution in [0.5, 0.6) is 0 Å². The van der Waals surface area contributed by atoms with Gasteiger partial charge in [-0.25, -0.2) is 18.4 Å². The molecule has 1 amide bonds. The summed E-state index contributed by atoms with van der Waals surface area (Å²) in [5.74, 6) is -4.92. The molecule has 4 aromatic rings. The number of hydrogen-bond donors (Lipinski definition) is 1. The number of benzene rings is 4. The molecule has 0 aromatic heterocycles. The van der Waals surface area contributed by atoms with Crippen LogP contribution in [0.4, 0.5) is 13.6 Å². The number of esters is 1. The molecule has 0 aliphatic carbocycles. The highest BCUT2D eigenvalue weighted by molar-refractivity contribution is 5.81. The molecular formula is C43H49F2NO10. The van der Waals surface area contributed by atoms with E-state index in [0.29, 0.717) is 5.56 Å². The van der Waals surface area contributed by atoms with Gasteiger partial charge in [-0.1, -0.05) is 121 Å². The van der Waals surface area contributed by atoms with Crippen LogP contribution in [-0.2, 0) is 69.1 Å². The largest absolute Gasteiger partial charge is 0.464 e. The Balaban J connectivity index is 1.45. The first-order chi connectivity index (χ1) is 27.3. The molecule has 0 bridgehead atoms. The summed E-state index contributed by atoms with van der Waals surface area (Å²) < 4.78 is 80.9. The lowest BCUT2D eigenvalue weighted by Crippen LogP contribution is -2.66. The van der Waals surface area contributed by atoms with Gasteiger partial charge in [0.15, 0.2) is 6.10 Å². The lowest BCUT2D eigenvalue weighted by molar-refractivity contribution is -0.317. The van der Waals surface area contributed by atoms with E-state index in [9.17, 15) is 9.59 Å². The Morgan fingerprint density at radius 2 is 1.18 bits per heavy atom. The first-order valence-electron chi connectivity index (χ1n) is 18.5. The molecule has 4 aromatic carbocycles. The van der Waals surface area contributed by atoms with Gasteiger partial charge in [-0.05, 0) is 29.2 Å². The maximum Gasteiger partial charge on any atom is 0.408 e. The van der Waals surface area contributed by atoms with Crippen molar-refractivity contribution in [1.29, 1.82) is 0 Å². The summed E-state index contributed by atoms with van der Waals surface area (Å²) in [5, 5.41) is 2.28. The van der Waals surface area contributed by atoms with Crippen molar-refractivity contribution in [2.24, 2.45) is 0 Å². The second-order valence-electron chi connectivity index (χ2n) is 13.1. The average Bonchev–Trinajstić information content (AvgIpc) is 3.22. The third-order valence-electron chi connectivity index (χ3n) is 8.94. The Hall–Kier alpha value is -4.76. The number of alkyl halides is 2. The van der Waals surface area contributed by atoms with E-state index in [1.807, 2.05) is 91.0 Å². The number of carbonyl (C=O) groups is 2. The number of alkyl carbamates (subject to hydrolysis) is 1. The van der Waals surface area contributed by atoms with Crippen molar-refractivity contribution in [2.45, 2.75) is 82.3 Å². The van der Waals surface area contributed by atoms with Gasteiger partial charge in [0, 0.05) is 13.5 Å². The van der Waals surface area contributed by atoms with Crippen LogP contribution in [0.15, 0.2) is 121 Å². The third-order valence-corrected chi connectivity index (χ3v) is 8.94. The van der Waals surface area contributed by atoms with E-state index in [2.05, 4.69) is 5.32 Å². The molecule has 5 rings (SSSR count). The molecule has 11 nitrogen and oxygen atoms in total. The molecule has 6 atom stereocenters. The highest BCUT2D eigenvalue weighted by atomic mass is 19.3. The van der Waals surface area contributed by atoms with Crippen LogP contribution >= 0.6 is 0 Å². The lowest BCUT2D eigenvalue weighted by Gasteiger charge is -2.48. The van der Waals surface area contributed by atoms with Crippen molar-refractivity contribution < 1.29 is 56.3 Å². The predicted molar refractivity (Wildman–Crippen MR) is 201 cm³/mol. The minimum Gasteiger partial charge on any atom is -0.464 e. The minimum absolute atomic E-state index is 0.0275. The Kier molecular flexibility index (Phi) is 16.7. The minimum atomic E-state index is -3.85. The quantitative estimate of drug-likeness (QED) is 0.0699. The van der Waals surface area contributed by atoms with E-state index in [-0.39, 0.29) is 39.6 Å². The molecule has 0 spiro atoms. The Bertz CT molecular complexity index is 1720. The summed E-state index contributed by atoms with van der Waals surface area (Å²) in [4.78, 5) is 26.0. The summed E-state index contributed by atoms with van der Waals surface area (Å²) in [6.07, 6.45) is -9.07. The summed E-state index contributed by atoms with van der Waals surface area (Å²) in [6.45, 7) is 1.03. The van der Waals surface area contributed by atoms with E-state index < -0.39 is 67.8 Å². The number of rotatable bonds is 21. The van der Waals surface area contributed by atoms with Crippen LogP contribution in [0.1, 0.15) is 35.6 Å². The molecule has 0 saturated carbocycles. The molecule has 56 heavy (non-hydrogen) atoms. The molecule has 0 radical (unpaired) electrons. The first kappa shape index (κ1) is 42.4. The van der Waals surface area contributed by atoms with Crippen molar-refractivity contribution in [3.8, 4) is 0 Å². The maximum atomic E-state index is 17.0. The van der Waals surface area contributed by atoms with Crippen molar-refractivity contribution in [3.63, 3.8) is 0 Å². The monoisotopic (exact) mass is 777 g/mol. The summed E-state index contributed by atoms with van der Waals surface area (Å²) in [7, 11) is 1.36. The number of carbonyl (C=O) groups excluding carboxylic acids is 2. The Morgan fingerprint density at radius 1 is 0.679 bits per heavy atom. The normalized spacial score (nSPS) is 20.2. The Morgan fingerprint density at radius 3 is 1.70 bits per heavy atom. The number of nitrogens with one attached hydrogen (secondary N) is 1. The number of amides is 1. The second-order valence-corrected chi connectivity index (χ2v) is 13.1. The van der Waals surface area contributed by atoms with E-state index in [0.717, 1.165) is 16.7 Å². The van der Waals surface area contributed by atoms with Gasteiger partial charge >= 0.3 is 12.1 Å². The van der Waals surface area contributed by atoms with Crippen LogP contribution in [0.3, 0.4) is 0 Å². The highest BCUT2D eigenvalue weighted by Gasteiger charge is 2.58. The maximum absolute atomic E-state index is 17.0. The van der Waals surface area contributed by atoms with Crippen LogP contribution in [0, 0.1) is 0 Å². The Labute approximate surface area is 326 Å². The molecular weight excluding hydrogens is 728 g/mol. The second kappa shape index (κ2) is 22.1. The topological polar surface area (TPSA) is 120 Å². The van der Waals surface area contributed by atoms with E-state index in [4.69, 9.17) is 37.9 Å². The van der Waals surface area contributed by atoms with Crippen molar-refractivity contribution in [3.05, 3.63) is 144 Å². The number of hydrogen-bond acceptors (Lipinski definition) is 10. The molecule has 300 valence electrons. The predicted octanol–water partition coefficient (Wildman–Crippen LogP) is 7.01. The van der Waals surface area contributed by atoms with Gasteiger partial charge in [0.05, 0.1) is 33.0 Å². The lowest BCUT2D eigenvalue weighted by atomic mass is 9.88. The first-order valence-corrected chi connectivity index (χ1v) is 18.5. The van der Waals surface area contributed by atoms with E-state index in [1.54, 1.807) is 30.3 Å². The standard InChI is InChI=1S/C43H49F2NO10/c1-3-51-41(47)35(46-42(48)54-28-34-22-14-7-15-23-34)24-43(44,45)40-39(55-30-49-2)38(53-27-33-20-12-6-13-21-33)37(52-26-32-18-10-5-11-19-32)36(56-40)29-50-25-31-16-8-4-9-17-31/h4-23,35-40H,3,24-30H2,1-2H3,(H,46,48)/t35-,36+,37-,38-,39+,40-/m0/s1. The zero-order valence-electron chi connectivity index (χ0n) is 31.5. The van der Waals surface area contributed by atoms with Crippen LogP contribution < -0.4 is 5.32 Å². The van der Waals surface area contributed by atoms with Gasteiger partial charge in [-0.15, -0.1) is 0 Å². The molecule has 1 aliphatic heterocycles. The molecule has 0 unspecified atom stereocenters. The van der Waals surface area contributed by atoms with Crippen molar-refractivity contribution >= 4 is 12.1 Å². The number of methoxy groups -OCH3 is 1. The average molecular weight is 778 g/mol. The van der Waals surface area contributed by atoms with Crippen LogP contribution in [-0.4, -0.2) is 81.7 Å². The molecule has 1 aliphatic rings. The van der Waals surface area contributed by atoms with Crippen LogP contribution in [0.25, 0.3) is 0 Å². The third kappa shape index (κ3) is 12.9. The van der Waals surface area contributed by atoms with Crippen LogP contribution in [0.2, 0.25) is 0 Å². The van der Waals surface area contributed by atoms with E-state index in [1.165, 1.54) is 14.0 Å². The zero-order valence-corrected chi connectivity index (χ0v) is 31.5. The molecule has 1 fully saturated rings. The fourth-order valence-corrected chi connectivity index (χ4v) is 6.24. The van der Waals surface area contributed by atoms with Gasteiger partial charge in [0.2, 0.25) is 0 Å². The molecule has 1 heterocycles. The van der Waals surface area contributed by atoms with Crippen molar-refractivity contribution in [1.82, 2.24) is 5.32 Å². The SMILES string of the molecule is CCOC(=O)[C@H](CC(F)(F)[C@H]1O[C@H](COCc2ccccc2)[C@H](OCc2ccccc2)[C@H](OCc2ccccc2)[C@H]1OCOC)NC(=O)OCc1ccccc1. The van der Waals surface area contributed by atoms with Gasteiger partial charge in [0.25, 0.3) is 5.92 Å². The number of ether oxygens (including phenoxy) is 8. The van der Waals surface area contributed by atoms with E-state index >= 15 is 8.78 Å². The fourth-order valence-electron chi connectivity index (χ4n) is 6.24. The van der Waals surface area contributed by atoms with Crippen molar-refractivity contribution in [2.75, 3.05) is 27.1 Å². The zero-order chi connectivity index (χ0) is 39.6. The van der Waals surface area contributed by atoms with Gasteiger partial charge in [-0.2, -0.15) is 0 Å². The summed E-state index contributed by atoms with van der Waals surface area (Å²) >= 11 is 0. The van der Waals surface area contributed by atoms with Gasteiger partial charge < -0.3 is 43.2 Å². The summed E-state index contributed by atoms with van der Waals surface area (Å²) in [5.41, 5.74) is 3.16.